The van der Waals surface area contributed by atoms with Crippen molar-refractivity contribution in [1.29, 1.82) is 0 Å². The van der Waals surface area contributed by atoms with Crippen LogP contribution in [0, 0.1) is 0 Å². The minimum Gasteiger partial charge on any atom is -0.312 e. The zero-order valence-corrected chi connectivity index (χ0v) is 8.37. The monoisotopic (exact) mass is 190 g/mol. The van der Waals surface area contributed by atoms with Gasteiger partial charge >= 0.3 is 6.03 Å². The largest absolute Gasteiger partial charge is 0.323 e. The number of hydrogen-bond donors (Lipinski definition) is 2. The summed E-state index contributed by atoms with van der Waals surface area (Å²) in [6, 6.07) is 9.11. The van der Waals surface area contributed by atoms with Gasteiger partial charge in [0, 0.05) is 11.4 Å². The highest BCUT2D eigenvalue weighted by Crippen LogP contribution is 2.04. The smallest absolute Gasteiger partial charge is 0.312 e. The van der Waals surface area contributed by atoms with E-state index in [1.807, 2.05) is 50.3 Å². The van der Waals surface area contributed by atoms with Crippen molar-refractivity contribution < 1.29 is 4.79 Å². The molecule has 0 saturated heterocycles. The van der Waals surface area contributed by atoms with Crippen molar-refractivity contribution in [1.82, 2.24) is 5.32 Å². The number of urea groups is 1. The fourth-order valence-corrected chi connectivity index (χ4v) is 0.935. The first kappa shape index (κ1) is 10.3. The summed E-state index contributed by atoms with van der Waals surface area (Å²) in [7, 11) is 0. The maximum absolute atomic E-state index is 11.3. The Labute approximate surface area is 83.8 Å². The molecule has 1 aromatic rings. The van der Waals surface area contributed by atoms with E-state index < -0.39 is 0 Å². The molecule has 0 atom stereocenters. The quantitative estimate of drug-likeness (QED) is 0.739. The Morgan fingerprint density at radius 3 is 2.50 bits per heavy atom. The molecule has 1 rings (SSSR count). The maximum Gasteiger partial charge on any atom is 0.323 e. The van der Waals surface area contributed by atoms with E-state index in [1.54, 1.807) is 0 Å². The topological polar surface area (TPSA) is 41.1 Å². The molecule has 0 aliphatic carbocycles. The van der Waals surface area contributed by atoms with Crippen LogP contribution in [0.5, 0.6) is 0 Å². The van der Waals surface area contributed by atoms with Crippen molar-refractivity contribution >= 4 is 11.7 Å². The van der Waals surface area contributed by atoms with Crippen LogP contribution in [0.25, 0.3) is 0 Å². The number of benzene rings is 1. The molecule has 74 valence electrons. The Morgan fingerprint density at radius 2 is 1.93 bits per heavy atom. The number of nitrogens with one attached hydrogen (secondary N) is 2. The number of anilines is 1. The molecule has 0 heterocycles. The molecule has 3 nitrogen and oxygen atoms in total. The number of carbonyl (C=O) groups excluding carboxylic acids is 1. The molecule has 1 aromatic carbocycles. The van der Waals surface area contributed by atoms with Crippen molar-refractivity contribution in [3.63, 3.8) is 0 Å². The number of rotatable bonds is 2. The Morgan fingerprint density at radius 1 is 1.29 bits per heavy atom. The van der Waals surface area contributed by atoms with Gasteiger partial charge in [-0.05, 0) is 26.0 Å². The van der Waals surface area contributed by atoms with Gasteiger partial charge in [-0.15, -0.1) is 0 Å². The maximum atomic E-state index is 11.3. The fourth-order valence-electron chi connectivity index (χ4n) is 0.935. The molecule has 2 N–H and O–H groups in total. The molecule has 0 saturated carbocycles. The Kier molecular flexibility index (Phi) is 3.73. The van der Waals surface area contributed by atoms with Crippen molar-refractivity contribution in [3.05, 3.63) is 42.1 Å². The lowest BCUT2D eigenvalue weighted by Gasteiger charge is -2.06. The first-order valence-corrected chi connectivity index (χ1v) is 4.48. The van der Waals surface area contributed by atoms with Crippen molar-refractivity contribution in [2.75, 3.05) is 5.32 Å². The highest BCUT2D eigenvalue weighted by Gasteiger charge is 1.99. The van der Waals surface area contributed by atoms with Gasteiger partial charge in [0.2, 0.25) is 0 Å². The number of hydrogen-bond acceptors (Lipinski definition) is 1. The second kappa shape index (κ2) is 5.07. The highest BCUT2D eigenvalue weighted by molar-refractivity contribution is 5.90. The van der Waals surface area contributed by atoms with E-state index >= 15 is 0 Å². The molecule has 0 radical (unpaired) electrons. The molecule has 0 bridgehead atoms. The number of para-hydroxylation sites is 1. The number of allylic oxidation sites excluding steroid dienone is 2. The first-order valence-electron chi connectivity index (χ1n) is 4.48. The van der Waals surface area contributed by atoms with Crippen LogP contribution in [0.1, 0.15) is 13.8 Å². The highest BCUT2D eigenvalue weighted by atomic mass is 16.2. The minimum absolute atomic E-state index is 0.216. The van der Waals surface area contributed by atoms with Gasteiger partial charge in [-0.3, -0.25) is 0 Å². The van der Waals surface area contributed by atoms with E-state index in [4.69, 9.17) is 0 Å². The lowest BCUT2D eigenvalue weighted by molar-refractivity contribution is 0.254. The summed E-state index contributed by atoms with van der Waals surface area (Å²) in [6.07, 6.45) is 1.84. The average molecular weight is 190 g/mol. The molecule has 0 fully saturated rings. The minimum atomic E-state index is -0.216. The van der Waals surface area contributed by atoms with Crippen LogP contribution in [0.3, 0.4) is 0 Å². The predicted molar refractivity (Wildman–Crippen MR) is 58.0 cm³/mol. The van der Waals surface area contributed by atoms with Crippen LogP contribution in [-0.4, -0.2) is 6.03 Å². The zero-order valence-electron chi connectivity index (χ0n) is 8.37. The lowest BCUT2D eigenvalue weighted by Crippen LogP contribution is -2.26. The van der Waals surface area contributed by atoms with Gasteiger partial charge in [-0.1, -0.05) is 24.3 Å². The normalized spacial score (nSPS) is 10.9. The van der Waals surface area contributed by atoms with Gasteiger partial charge in [0.05, 0.1) is 0 Å². The van der Waals surface area contributed by atoms with Gasteiger partial charge in [0.1, 0.15) is 0 Å². The van der Waals surface area contributed by atoms with Gasteiger partial charge in [-0.25, -0.2) is 4.79 Å². The van der Waals surface area contributed by atoms with Crippen LogP contribution < -0.4 is 10.6 Å². The summed E-state index contributed by atoms with van der Waals surface area (Å²) < 4.78 is 0. The van der Waals surface area contributed by atoms with E-state index in [9.17, 15) is 4.79 Å². The molecule has 3 heteroatoms. The Bertz CT molecular complexity index is 330. The second-order valence-electron chi connectivity index (χ2n) is 2.92. The fraction of sp³-hybridized carbons (Fsp3) is 0.182. The van der Waals surface area contributed by atoms with E-state index in [0.29, 0.717) is 0 Å². The van der Waals surface area contributed by atoms with E-state index in [0.717, 1.165) is 11.4 Å². The summed E-state index contributed by atoms with van der Waals surface area (Å²) in [5, 5.41) is 5.41. The van der Waals surface area contributed by atoms with Crippen molar-refractivity contribution in [2.45, 2.75) is 13.8 Å². The average Bonchev–Trinajstić information content (AvgIpc) is 2.19. The molecule has 0 aliphatic rings. The molecule has 14 heavy (non-hydrogen) atoms. The summed E-state index contributed by atoms with van der Waals surface area (Å²) in [4.78, 5) is 11.3. The molecule has 0 spiro atoms. The predicted octanol–water partition coefficient (Wildman–Crippen LogP) is 2.73. The molecule has 0 aliphatic heterocycles. The van der Waals surface area contributed by atoms with E-state index in [-0.39, 0.29) is 6.03 Å². The number of carbonyl (C=O) groups is 1. The first-order chi connectivity index (χ1) is 6.72. The molecule has 0 unspecified atom stereocenters. The van der Waals surface area contributed by atoms with Gasteiger partial charge < -0.3 is 10.6 Å². The third-order valence-corrected chi connectivity index (χ3v) is 1.78. The van der Waals surface area contributed by atoms with Crippen LogP contribution >= 0.6 is 0 Å². The Balaban J connectivity index is 2.50. The van der Waals surface area contributed by atoms with Gasteiger partial charge in [-0.2, -0.15) is 0 Å². The lowest BCUT2D eigenvalue weighted by atomic mass is 10.3. The standard InChI is InChI=1S/C11H14N2O/c1-3-9(2)12-11(14)13-10-7-5-4-6-8-10/h3-8H,1-2H3,(H2,12,13,14)/b9-3+. The Hall–Kier alpha value is -1.77. The van der Waals surface area contributed by atoms with Gasteiger partial charge in [0.25, 0.3) is 0 Å². The van der Waals surface area contributed by atoms with Crippen LogP contribution in [0.4, 0.5) is 10.5 Å². The number of amides is 2. The second-order valence-corrected chi connectivity index (χ2v) is 2.92. The summed E-state index contributed by atoms with van der Waals surface area (Å²) >= 11 is 0. The van der Waals surface area contributed by atoms with Crippen LogP contribution in [0.2, 0.25) is 0 Å². The molecule has 0 aromatic heterocycles. The van der Waals surface area contributed by atoms with Crippen molar-refractivity contribution in [3.8, 4) is 0 Å². The van der Waals surface area contributed by atoms with Crippen LogP contribution in [-0.2, 0) is 0 Å². The van der Waals surface area contributed by atoms with Gasteiger partial charge in [0.15, 0.2) is 0 Å². The molecular formula is C11H14N2O. The van der Waals surface area contributed by atoms with E-state index in [2.05, 4.69) is 10.6 Å². The SMILES string of the molecule is C/C=C(\C)NC(=O)Nc1ccccc1. The third kappa shape index (κ3) is 3.31. The summed E-state index contributed by atoms with van der Waals surface area (Å²) in [5.41, 5.74) is 1.62. The van der Waals surface area contributed by atoms with Crippen molar-refractivity contribution in [2.24, 2.45) is 0 Å². The van der Waals surface area contributed by atoms with E-state index in [1.165, 1.54) is 0 Å². The molecular weight excluding hydrogens is 176 g/mol. The third-order valence-electron chi connectivity index (χ3n) is 1.78. The zero-order chi connectivity index (χ0) is 10.4. The molecule has 2 amide bonds. The van der Waals surface area contributed by atoms with Crippen LogP contribution in [0.15, 0.2) is 42.1 Å². The summed E-state index contributed by atoms with van der Waals surface area (Å²) in [6.45, 7) is 3.71. The summed E-state index contributed by atoms with van der Waals surface area (Å²) in [5.74, 6) is 0.